The fraction of sp³-hybridized carbons (Fsp3) is 0.381. The molecule has 0 amide bonds. The van der Waals surface area contributed by atoms with E-state index in [1.807, 2.05) is 11.4 Å². The normalized spacial score (nSPS) is 17.2. The van der Waals surface area contributed by atoms with Gasteiger partial charge in [0.15, 0.2) is 0 Å². The summed E-state index contributed by atoms with van der Waals surface area (Å²) in [5.74, 6) is 0.567. The van der Waals surface area contributed by atoms with Crippen LogP contribution in [0.3, 0.4) is 0 Å². The van der Waals surface area contributed by atoms with E-state index in [0.29, 0.717) is 5.95 Å². The molecule has 0 unspecified atom stereocenters. The minimum absolute atomic E-state index is 0.220. The van der Waals surface area contributed by atoms with Crippen LogP contribution in [0.2, 0.25) is 0 Å². The maximum atomic E-state index is 9.50. The highest BCUT2D eigenvalue weighted by molar-refractivity contribution is 7.09. The van der Waals surface area contributed by atoms with Crippen molar-refractivity contribution in [3.05, 3.63) is 52.0 Å². The number of aliphatic hydroxyl groups excluding tert-OH is 1. The summed E-state index contributed by atoms with van der Waals surface area (Å²) in [5, 5.41) is 15.9. The Hall–Kier alpha value is -2.35. The fourth-order valence-corrected chi connectivity index (χ4v) is 4.54. The quantitative estimate of drug-likeness (QED) is 0.659. The predicted molar refractivity (Wildman–Crippen MR) is 113 cm³/mol. The summed E-state index contributed by atoms with van der Waals surface area (Å²) >= 11 is 1.64. The van der Waals surface area contributed by atoms with E-state index >= 15 is 0 Å². The number of aryl methyl sites for hydroxylation is 2. The first-order chi connectivity index (χ1) is 13.6. The molecule has 0 bridgehead atoms. The summed E-state index contributed by atoms with van der Waals surface area (Å²) in [7, 11) is 0. The third-order valence-corrected chi connectivity index (χ3v) is 5.83. The van der Waals surface area contributed by atoms with Crippen LogP contribution in [-0.4, -0.2) is 44.2 Å². The Morgan fingerprint density at radius 2 is 2.00 bits per heavy atom. The summed E-state index contributed by atoms with van der Waals surface area (Å²) in [6.07, 6.45) is 3.96. The molecule has 7 heteroatoms. The van der Waals surface area contributed by atoms with Gasteiger partial charge in [0.05, 0.1) is 18.8 Å². The second kappa shape index (κ2) is 8.34. The van der Waals surface area contributed by atoms with Crippen molar-refractivity contribution in [2.75, 3.05) is 18.5 Å². The summed E-state index contributed by atoms with van der Waals surface area (Å²) in [6.45, 7) is 6.19. The lowest BCUT2D eigenvalue weighted by molar-refractivity contribution is 0.153. The molecule has 28 heavy (non-hydrogen) atoms. The van der Waals surface area contributed by atoms with Crippen LogP contribution in [-0.2, 0) is 6.54 Å². The van der Waals surface area contributed by atoms with Gasteiger partial charge in [-0.25, -0.2) is 15.0 Å². The molecule has 3 aromatic rings. The lowest BCUT2D eigenvalue weighted by atomic mass is 10.1. The van der Waals surface area contributed by atoms with E-state index in [4.69, 9.17) is 4.98 Å². The second-order valence-corrected chi connectivity index (χ2v) is 8.29. The van der Waals surface area contributed by atoms with E-state index in [0.717, 1.165) is 48.0 Å². The van der Waals surface area contributed by atoms with E-state index in [-0.39, 0.29) is 12.6 Å². The summed E-state index contributed by atoms with van der Waals surface area (Å²) in [5.41, 5.74) is 5.06. The van der Waals surface area contributed by atoms with E-state index in [9.17, 15) is 5.11 Å². The molecule has 2 aromatic heterocycles. The lowest BCUT2D eigenvalue weighted by Gasteiger charge is -2.20. The van der Waals surface area contributed by atoms with Gasteiger partial charge in [0.25, 0.3) is 0 Å². The molecule has 4 rings (SSSR count). The molecule has 0 aliphatic carbocycles. The van der Waals surface area contributed by atoms with Crippen molar-refractivity contribution in [3.8, 4) is 11.4 Å². The van der Waals surface area contributed by atoms with Crippen molar-refractivity contribution in [2.45, 2.75) is 39.3 Å². The van der Waals surface area contributed by atoms with Crippen LogP contribution in [0, 0.1) is 13.8 Å². The number of benzene rings is 1. The number of aliphatic hydroxyl groups is 1. The molecule has 1 aromatic carbocycles. The largest absolute Gasteiger partial charge is 0.395 e. The smallest absolute Gasteiger partial charge is 0.227 e. The first-order valence-electron chi connectivity index (χ1n) is 9.59. The highest BCUT2D eigenvalue weighted by Gasteiger charge is 2.24. The zero-order chi connectivity index (χ0) is 19.5. The van der Waals surface area contributed by atoms with E-state index in [1.54, 1.807) is 17.5 Å². The van der Waals surface area contributed by atoms with Crippen molar-refractivity contribution < 1.29 is 5.11 Å². The summed E-state index contributed by atoms with van der Waals surface area (Å²) in [6, 6.07) is 8.45. The Kier molecular flexibility index (Phi) is 5.66. The molecule has 0 saturated carbocycles. The molecule has 3 heterocycles. The Bertz CT molecular complexity index is 937. The minimum Gasteiger partial charge on any atom is -0.395 e. The molecule has 2 N–H and O–H groups in total. The number of nitrogens with one attached hydrogen (secondary N) is 1. The maximum absolute atomic E-state index is 9.50. The summed E-state index contributed by atoms with van der Waals surface area (Å²) < 4.78 is 0. The van der Waals surface area contributed by atoms with Crippen molar-refractivity contribution in [1.29, 1.82) is 0 Å². The third kappa shape index (κ3) is 4.38. The lowest BCUT2D eigenvalue weighted by Crippen LogP contribution is -2.31. The third-order valence-electron chi connectivity index (χ3n) is 5.00. The number of likely N-dealkylation sites (tertiary alicyclic amines) is 1. The van der Waals surface area contributed by atoms with Gasteiger partial charge in [-0.15, -0.1) is 11.3 Å². The number of hydrogen-bond acceptors (Lipinski definition) is 7. The van der Waals surface area contributed by atoms with Crippen molar-refractivity contribution in [3.63, 3.8) is 0 Å². The average molecular weight is 396 g/mol. The van der Waals surface area contributed by atoms with Crippen LogP contribution in [0.5, 0.6) is 0 Å². The number of thiazole rings is 1. The topological polar surface area (TPSA) is 74.2 Å². The van der Waals surface area contributed by atoms with E-state index in [1.165, 1.54) is 11.1 Å². The van der Waals surface area contributed by atoms with Crippen LogP contribution in [0.15, 0.2) is 35.8 Å². The number of rotatable bonds is 6. The standard InChI is InChI=1S/C21H25N5OS/c1-14-8-15(2)10-16(9-14)23-21-22-6-5-18(25-21)19-13-28-20(24-19)11-26-7-3-4-17(26)12-27/h5-6,8-10,13,17,27H,3-4,7,11-12H2,1-2H3,(H,22,23,25)/t17-/m0/s1. The van der Waals surface area contributed by atoms with Gasteiger partial charge in [-0.05, 0) is 62.6 Å². The molecular weight excluding hydrogens is 370 g/mol. The zero-order valence-corrected chi connectivity index (χ0v) is 17.0. The molecule has 1 aliphatic heterocycles. The molecule has 6 nitrogen and oxygen atoms in total. The Balaban J connectivity index is 1.49. The van der Waals surface area contributed by atoms with E-state index < -0.39 is 0 Å². The van der Waals surface area contributed by atoms with Crippen LogP contribution < -0.4 is 5.32 Å². The van der Waals surface area contributed by atoms with Gasteiger partial charge in [0.1, 0.15) is 10.7 Å². The SMILES string of the molecule is Cc1cc(C)cc(Nc2nccc(-c3csc(CN4CCC[C@H]4CO)n3)n2)c1. The molecule has 1 atom stereocenters. The van der Waals surface area contributed by atoms with Gasteiger partial charge in [-0.3, -0.25) is 4.90 Å². The van der Waals surface area contributed by atoms with E-state index in [2.05, 4.69) is 52.2 Å². The van der Waals surface area contributed by atoms with Crippen LogP contribution in [0.25, 0.3) is 11.4 Å². The number of aromatic nitrogens is 3. The van der Waals surface area contributed by atoms with Gasteiger partial charge in [0.2, 0.25) is 5.95 Å². The average Bonchev–Trinajstić information content (AvgIpc) is 3.31. The molecule has 1 saturated heterocycles. The van der Waals surface area contributed by atoms with Crippen molar-refractivity contribution in [2.24, 2.45) is 0 Å². The fourth-order valence-electron chi connectivity index (χ4n) is 3.72. The van der Waals surface area contributed by atoms with Gasteiger partial charge < -0.3 is 10.4 Å². The van der Waals surface area contributed by atoms with Crippen molar-refractivity contribution >= 4 is 23.0 Å². The number of hydrogen-bond donors (Lipinski definition) is 2. The van der Waals surface area contributed by atoms with Gasteiger partial charge >= 0.3 is 0 Å². The predicted octanol–water partition coefficient (Wildman–Crippen LogP) is 3.92. The number of nitrogens with zero attached hydrogens (tertiary/aromatic N) is 4. The van der Waals surface area contributed by atoms with Crippen LogP contribution in [0.4, 0.5) is 11.6 Å². The first-order valence-corrected chi connectivity index (χ1v) is 10.5. The second-order valence-electron chi connectivity index (χ2n) is 7.34. The molecule has 0 spiro atoms. The molecule has 1 aliphatic rings. The Labute approximate surface area is 169 Å². The maximum Gasteiger partial charge on any atom is 0.227 e. The minimum atomic E-state index is 0.220. The molecule has 0 radical (unpaired) electrons. The zero-order valence-electron chi connectivity index (χ0n) is 16.2. The van der Waals surface area contributed by atoms with Crippen LogP contribution in [0.1, 0.15) is 29.0 Å². The summed E-state index contributed by atoms with van der Waals surface area (Å²) in [4.78, 5) is 16.1. The van der Waals surface area contributed by atoms with Crippen molar-refractivity contribution in [1.82, 2.24) is 19.9 Å². The first kappa shape index (κ1) is 19.0. The van der Waals surface area contributed by atoms with Gasteiger partial charge in [-0.2, -0.15) is 0 Å². The monoisotopic (exact) mass is 395 g/mol. The highest BCUT2D eigenvalue weighted by Crippen LogP contribution is 2.25. The highest BCUT2D eigenvalue weighted by atomic mass is 32.1. The molecule has 146 valence electrons. The Morgan fingerprint density at radius 1 is 1.18 bits per heavy atom. The number of anilines is 2. The van der Waals surface area contributed by atoms with Gasteiger partial charge in [-0.1, -0.05) is 6.07 Å². The van der Waals surface area contributed by atoms with Crippen LogP contribution >= 0.6 is 11.3 Å². The molecule has 1 fully saturated rings. The Morgan fingerprint density at radius 3 is 2.79 bits per heavy atom. The van der Waals surface area contributed by atoms with Gasteiger partial charge in [0, 0.05) is 23.3 Å². The molecular formula is C21H25N5OS.